The van der Waals surface area contributed by atoms with Crippen molar-refractivity contribution < 1.29 is 9.84 Å². The van der Waals surface area contributed by atoms with Crippen LogP contribution in [0.25, 0.3) is 0 Å². The molecule has 0 heterocycles. The normalized spacial score (nSPS) is 15.9. The van der Waals surface area contributed by atoms with Crippen molar-refractivity contribution in [2.24, 2.45) is 5.73 Å². The molecule has 3 N–H and O–H groups in total. The van der Waals surface area contributed by atoms with Crippen LogP contribution >= 0.6 is 11.8 Å². The third kappa shape index (κ3) is 8.81. The van der Waals surface area contributed by atoms with Crippen LogP contribution in [0.15, 0.2) is 0 Å². The second-order valence-electron chi connectivity index (χ2n) is 3.74. The van der Waals surface area contributed by atoms with Gasteiger partial charge in [-0.25, -0.2) is 0 Å². The molecule has 0 spiro atoms. The number of aliphatic hydroxyl groups excluding tert-OH is 1. The van der Waals surface area contributed by atoms with Crippen LogP contribution in [0, 0.1) is 0 Å². The van der Waals surface area contributed by atoms with Gasteiger partial charge in [-0.05, 0) is 20.3 Å². The molecular weight excluding hydrogens is 198 g/mol. The highest BCUT2D eigenvalue weighted by molar-refractivity contribution is 7.99. The summed E-state index contributed by atoms with van der Waals surface area (Å²) in [5, 5.41) is 9.50. The molecule has 0 bridgehead atoms. The summed E-state index contributed by atoms with van der Waals surface area (Å²) in [5.74, 6) is 1.62. The quantitative estimate of drug-likeness (QED) is 0.647. The molecule has 0 rings (SSSR count). The number of ether oxygens (including phenoxy) is 1. The Kier molecular flexibility index (Phi) is 8.67. The van der Waals surface area contributed by atoms with Crippen molar-refractivity contribution in [3.05, 3.63) is 0 Å². The topological polar surface area (TPSA) is 55.5 Å². The Hall–Kier alpha value is 0.230. The molecule has 4 heteroatoms. The molecule has 0 aliphatic heterocycles. The Morgan fingerprint density at radius 2 is 2.00 bits per heavy atom. The fourth-order valence-electron chi connectivity index (χ4n) is 0.825. The van der Waals surface area contributed by atoms with Crippen molar-refractivity contribution in [1.82, 2.24) is 0 Å². The second kappa shape index (κ2) is 8.53. The van der Waals surface area contributed by atoms with E-state index in [4.69, 9.17) is 10.5 Å². The molecule has 2 unspecified atom stereocenters. The lowest BCUT2D eigenvalue weighted by Crippen LogP contribution is -2.25. The molecule has 0 aromatic rings. The van der Waals surface area contributed by atoms with Crippen molar-refractivity contribution in [3.63, 3.8) is 0 Å². The largest absolute Gasteiger partial charge is 0.390 e. The van der Waals surface area contributed by atoms with E-state index in [0.29, 0.717) is 12.4 Å². The van der Waals surface area contributed by atoms with Crippen LogP contribution in [0.5, 0.6) is 0 Å². The molecule has 14 heavy (non-hydrogen) atoms. The van der Waals surface area contributed by atoms with Gasteiger partial charge in [-0.2, -0.15) is 11.8 Å². The third-order valence-electron chi connectivity index (χ3n) is 1.79. The van der Waals surface area contributed by atoms with Crippen LogP contribution in [0.2, 0.25) is 0 Å². The molecule has 0 aromatic carbocycles. The molecule has 0 aliphatic rings. The van der Waals surface area contributed by atoms with Gasteiger partial charge in [-0.1, -0.05) is 6.92 Å². The van der Waals surface area contributed by atoms with Crippen LogP contribution in [-0.4, -0.2) is 41.5 Å². The van der Waals surface area contributed by atoms with Crippen molar-refractivity contribution in [1.29, 1.82) is 0 Å². The molecule has 3 nitrogen and oxygen atoms in total. The zero-order valence-electron chi connectivity index (χ0n) is 9.40. The maximum absolute atomic E-state index is 9.50. The summed E-state index contributed by atoms with van der Waals surface area (Å²) in [4.78, 5) is 0. The maximum Gasteiger partial charge on any atom is 0.0863 e. The van der Waals surface area contributed by atoms with Crippen molar-refractivity contribution in [3.8, 4) is 0 Å². The number of thioether (sulfide) groups is 1. The molecule has 0 radical (unpaired) electrons. The first-order valence-electron chi connectivity index (χ1n) is 5.19. The van der Waals surface area contributed by atoms with Crippen molar-refractivity contribution in [2.75, 3.05) is 18.1 Å². The smallest absolute Gasteiger partial charge is 0.0863 e. The standard InChI is InChI=1S/C10H23NO2S/c1-4-9(11)6-14-7-10(12)5-13-8(2)3/h8-10,12H,4-7,11H2,1-3H3. The van der Waals surface area contributed by atoms with E-state index < -0.39 is 0 Å². The first-order valence-corrected chi connectivity index (χ1v) is 6.34. The third-order valence-corrected chi connectivity index (χ3v) is 3.07. The minimum Gasteiger partial charge on any atom is -0.390 e. The number of aliphatic hydroxyl groups is 1. The van der Waals surface area contributed by atoms with Gasteiger partial charge in [0.25, 0.3) is 0 Å². The Balaban J connectivity index is 3.30. The summed E-state index contributed by atoms with van der Waals surface area (Å²) in [6, 6.07) is 0.248. The average molecular weight is 221 g/mol. The van der Waals surface area contributed by atoms with E-state index in [1.807, 2.05) is 13.8 Å². The number of hydrogen-bond acceptors (Lipinski definition) is 4. The Morgan fingerprint density at radius 1 is 1.36 bits per heavy atom. The van der Waals surface area contributed by atoms with Crippen molar-refractivity contribution >= 4 is 11.8 Å². The van der Waals surface area contributed by atoms with E-state index in [-0.39, 0.29) is 18.2 Å². The van der Waals surface area contributed by atoms with E-state index in [9.17, 15) is 5.11 Å². The van der Waals surface area contributed by atoms with Crippen LogP contribution in [0.1, 0.15) is 27.2 Å². The first-order chi connectivity index (χ1) is 6.56. The van der Waals surface area contributed by atoms with Crippen LogP contribution in [0.3, 0.4) is 0 Å². The number of hydrogen-bond donors (Lipinski definition) is 2. The lowest BCUT2D eigenvalue weighted by atomic mass is 10.3. The summed E-state index contributed by atoms with van der Waals surface area (Å²) >= 11 is 1.69. The van der Waals surface area contributed by atoms with Crippen molar-refractivity contribution in [2.45, 2.75) is 45.4 Å². The highest BCUT2D eigenvalue weighted by Gasteiger charge is 2.07. The van der Waals surface area contributed by atoms with E-state index in [1.54, 1.807) is 11.8 Å². The lowest BCUT2D eigenvalue weighted by Gasteiger charge is -2.14. The Morgan fingerprint density at radius 3 is 2.50 bits per heavy atom. The van der Waals surface area contributed by atoms with Crippen LogP contribution in [0.4, 0.5) is 0 Å². The highest BCUT2D eigenvalue weighted by Crippen LogP contribution is 2.06. The Labute approximate surface area is 91.4 Å². The molecule has 0 amide bonds. The van der Waals surface area contributed by atoms with Gasteiger partial charge in [0.15, 0.2) is 0 Å². The second-order valence-corrected chi connectivity index (χ2v) is 4.82. The molecule has 0 aliphatic carbocycles. The summed E-state index contributed by atoms with van der Waals surface area (Å²) in [5.41, 5.74) is 5.75. The van der Waals surface area contributed by atoms with E-state index in [0.717, 1.165) is 12.2 Å². The van der Waals surface area contributed by atoms with Gasteiger partial charge in [0, 0.05) is 17.5 Å². The minimum atomic E-state index is -0.369. The van der Waals surface area contributed by atoms with Gasteiger partial charge in [0.2, 0.25) is 0 Å². The molecule has 86 valence electrons. The van der Waals surface area contributed by atoms with Gasteiger partial charge >= 0.3 is 0 Å². The maximum atomic E-state index is 9.50. The predicted molar refractivity (Wildman–Crippen MR) is 62.7 cm³/mol. The molecule has 2 atom stereocenters. The molecule has 0 saturated heterocycles. The summed E-state index contributed by atoms with van der Waals surface area (Å²) < 4.78 is 5.29. The molecule has 0 saturated carbocycles. The van der Waals surface area contributed by atoms with E-state index in [1.165, 1.54) is 0 Å². The van der Waals surface area contributed by atoms with E-state index >= 15 is 0 Å². The highest BCUT2D eigenvalue weighted by atomic mass is 32.2. The first kappa shape index (κ1) is 14.2. The van der Waals surface area contributed by atoms with E-state index in [2.05, 4.69) is 6.92 Å². The predicted octanol–water partition coefficient (Wildman–Crippen LogP) is 1.24. The number of nitrogens with two attached hydrogens (primary N) is 1. The molecular formula is C10H23NO2S. The zero-order valence-corrected chi connectivity index (χ0v) is 10.2. The minimum absolute atomic E-state index is 0.188. The monoisotopic (exact) mass is 221 g/mol. The van der Waals surface area contributed by atoms with Crippen LogP contribution < -0.4 is 5.73 Å². The Bertz CT molecular complexity index is 133. The lowest BCUT2D eigenvalue weighted by molar-refractivity contribution is 0.0152. The summed E-state index contributed by atoms with van der Waals surface area (Å²) in [6.07, 6.45) is 0.810. The number of rotatable bonds is 8. The average Bonchev–Trinajstić information content (AvgIpc) is 2.14. The molecule has 0 aromatic heterocycles. The van der Waals surface area contributed by atoms with Gasteiger partial charge in [-0.3, -0.25) is 0 Å². The summed E-state index contributed by atoms with van der Waals surface area (Å²) in [6.45, 7) is 6.43. The SMILES string of the molecule is CCC(N)CSCC(O)COC(C)C. The van der Waals surface area contributed by atoms with Gasteiger partial charge in [0.05, 0.1) is 18.8 Å². The fourth-order valence-corrected chi connectivity index (χ4v) is 1.87. The summed E-state index contributed by atoms with van der Waals surface area (Å²) in [7, 11) is 0. The van der Waals surface area contributed by atoms with Gasteiger partial charge in [0.1, 0.15) is 0 Å². The van der Waals surface area contributed by atoms with Gasteiger partial charge < -0.3 is 15.6 Å². The fraction of sp³-hybridized carbons (Fsp3) is 1.00. The van der Waals surface area contributed by atoms with Gasteiger partial charge in [-0.15, -0.1) is 0 Å². The van der Waals surface area contributed by atoms with Crippen LogP contribution in [-0.2, 0) is 4.74 Å². The molecule has 0 fully saturated rings. The zero-order chi connectivity index (χ0) is 11.0.